The lowest BCUT2D eigenvalue weighted by atomic mass is 9.99. The maximum Gasteiger partial charge on any atom is 0.162 e. The number of hydrogen-bond acceptors (Lipinski definition) is 5. The summed E-state index contributed by atoms with van der Waals surface area (Å²) < 4.78 is 0. The Labute approximate surface area is 141 Å². The Morgan fingerprint density at radius 1 is 1.08 bits per heavy atom. The molecule has 122 valence electrons. The average Bonchev–Trinajstić information content (AvgIpc) is 2.68. The SMILES string of the molecule is OC[C@H]1CCCN(c2nc(-c3ccncc3)nc3ccccc23)C1. The van der Waals surface area contributed by atoms with E-state index in [0.717, 1.165) is 54.0 Å². The minimum Gasteiger partial charge on any atom is -0.396 e. The van der Waals surface area contributed by atoms with Crippen LogP contribution in [0.5, 0.6) is 0 Å². The quantitative estimate of drug-likeness (QED) is 0.804. The Hall–Kier alpha value is -2.53. The van der Waals surface area contributed by atoms with Gasteiger partial charge >= 0.3 is 0 Å². The smallest absolute Gasteiger partial charge is 0.162 e. The van der Waals surface area contributed by atoms with Crippen molar-refractivity contribution in [2.24, 2.45) is 5.92 Å². The van der Waals surface area contributed by atoms with Gasteiger partial charge in [0.05, 0.1) is 5.52 Å². The lowest BCUT2D eigenvalue weighted by Gasteiger charge is -2.33. The summed E-state index contributed by atoms with van der Waals surface area (Å²) in [6, 6.07) is 12.0. The van der Waals surface area contributed by atoms with E-state index in [2.05, 4.69) is 16.0 Å². The maximum atomic E-state index is 9.54. The molecule has 1 N–H and O–H groups in total. The second kappa shape index (κ2) is 6.53. The van der Waals surface area contributed by atoms with E-state index in [1.807, 2.05) is 30.3 Å². The number of aromatic nitrogens is 3. The number of piperidine rings is 1. The molecule has 0 amide bonds. The van der Waals surface area contributed by atoms with Crippen molar-refractivity contribution in [2.45, 2.75) is 12.8 Å². The van der Waals surface area contributed by atoms with Crippen molar-refractivity contribution in [1.82, 2.24) is 15.0 Å². The number of aliphatic hydroxyl groups is 1. The summed E-state index contributed by atoms with van der Waals surface area (Å²) in [5.41, 5.74) is 1.91. The van der Waals surface area contributed by atoms with Crippen molar-refractivity contribution in [3.8, 4) is 11.4 Å². The largest absolute Gasteiger partial charge is 0.396 e. The summed E-state index contributed by atoms with van der Waals surface area (Å²) in [7, 11) is 0. The van der Waals surface area contributed by atoms with Gasteiger partial charge in [-0.25, -0.2) is 9.97 Å². The van der Waals surface area contributed by atoms with E-state index in [1.165, 1.54) is 0 Å². The summed E-state index contributed by atoms with van der Waals surface area (Å²) in [5, 5.41) is 10.6. The molecule has 1 aliphatic heterocycles. The van der Waals surface area contributed by atoms with E-state index in [1.54, 1.807) is 12.4 Å². The Morgan fingerprint density at radius 2 is 1.92 bits per heavy atom. The van der Waals surface area contributed by atoms with E-state index in [-0.39, 0.29) is 6.61 Å². The molecule has 0 bridgehead atoms. The minimum atomic E-state index is 0.233. The lowest BCUT2D eigenvalue weighted by molar-refractivity contribution is 0.208. The molecule has 4 rings (SSSR count). The number of aliphatic hydroxyl groups excluding tert-OH is 1. The van der Waals surface area contributed by atoms with Crippen molar-refractivity contribution in [1.29, 1.82) is 0 Å². The number of anilines is 1. The van der Waals surface area contributed by atoms with Gasteiger partial charge in [0.25, 0.3) is 0 Å². The van der Waals surface area contributed by atoms with Gasteiger partial charge in [0.1, 0.15) is 5.82 Å². The highest BCUT2D eigenvalue weighted by molar-refractivity contribution is 5.91. The molecule has 0 radical (unpaired) electrons. The molecular formula is C19H20N4O. The van der Waals surface area contributed by atoms with Gasteiger partial charge < -0.3 is 10.0 Å². The molecule has 1 aromatic carbocycles. The summed E-state index contributed by atoms with van der Waals surface area (Å²) in [4.78, 5) is 16.0. The number of pyridine rings is 1. The molecule has 3 heterocycles. The van der Waals surface area contributed by atoms with Crippen LogP contribution in [0.3, 0.4) is 0 Å². The van der Waals surface area contributed by atoms with Crippen LogP contribution in [-0.4, -0.2) is 39.8 Å². The molecule has 1 aliphatic rings. The zero-order valence-electron chi connectivity index (χ0n) is 13.5. The Balaban J connectivity index is 1.84. The molecule has 24 heavy (non-hydrogen) atoms. The number of fused-ring (bicyclic) bond motifs is 1. The maximum absolute atomic E-state index is 9.54. The number of para-hydroxylation sites is 1. The van der Waals surface area contributed by atoms with Crippen LogP contribution in [0, 0.1) is 5.92 Å². The van der Waals surface area contributed by atoms with E-state index in [0.29, 0.717) is 5.92 Å². The first-order chi connectivity index (χ1) is 11.8. The van der Waals surface area contributed by atoms with Gasteiger partial charge in [-0.15, -0.1) is 0 Å². The van der Waals surface area contributed by atoms with Crippen LogP contribution in [0.4, 0.5) is 5.82 Å². The van der Waals surface area contributed by atoms with E-state index in [4.69, 9.17) is 9.97 Å². The molecule has 1 fully saturated rings. The van der Waals surface area contributed by atoms with Gasteiger partial charge in [-0.05, 0) is 43.0 Å². The average molecular weight is 320 g/mol. The van der Waals surface area contributed by atoms with E-state index in [9.17, 15) is 5.11 Å². The van der Waals surface area contributed by atoms with Crippen molar-refractivity contribution >= 4 is 16.7 Å². The topological polar surface area (TPSA) is 62.1 Å². The molecule has 2 aromatic heterocycles. The number of nitrogens with zero attached hydrogens (tertiary/aromatic N) is 4. The molecule has 0 aliphatic carbocycles. The second-order valence-electron chi connectivity index (χ2n) is 6.26. The zero-order valence-corrected chi connectivity index (χ0v) is 13.5. The molecule has 0 saturated carbocycles. The van der Waals surface area contributed by atoms with Crippen molar-refractivity contribution in [2.75, 3.05) is 24.6 Å². The first-order valence-corrected chi connectivity index (χ1v) is 8.38. The highest BCUT2D eigenvalue weighted by Gasteiger charge is 2.22. The van der Waals surface area contributed by atoms with Gasteiger partial charge in [-0.2, -0.15) is 0 Å². The third-order valence-electron chi connectivity index (χ3n) is 4.60. The van der Waals surface area contributed by atoms with Gasteiger partial charge in [-0.1, -0.05) is 12.1 Å². The van der Waals surface area contributed by atoms with E-state index < -0.39 is 0 Å². The van der Waals surface area contributed by atoms with Crippen LogP contribution in [0.2, 0.25) is 0 Å². The highest BCUT2D eigenvalue weighted by atomic mass is 16.3. The molecule has 1 saturated heterocycles. The molecule has 0 spiro atoms. The number of rotatable bonds is 3. The van der Waals surface area contributed by atoms with Gasteiger partial charge in [0, 0.05) is 43.0 Å². The first kappa shape index (κ1) is 15.0. The number of benzene rings is 1. The van der Waals surface area contributed by atoms with Gasteiger partial charge in [0.15, 0.2) is 5.82 Å². The van der Waals surface area contributed by atoms with Crippen molar-refractivity contribution in [3.05, 3.63) is 48.8 Å². The van der Waals surface area contributed by atoms with Gasteiger partial charge in [-0.3, -0.25) is 4.98 Å². The summed E-state index contributed by atoms with van der Waals surface area (Å²) in [6.07, 6.45) is 5.67. The Kier molecular flexibility index (Phi) is 4.09. The molecule has 5 heteroatoms. The molecule has 3 aromatic rings. The molecular weight excluding hydrogens is 300 g/mol. The van der Waals surface area contributed by atoms with Crippen LogP contribution < -0.4 is 4.90 Å². The van der Waals surface area contributed by atoms with E-state index >= 15 is 0 Å². The molecule has 0 unspecified atom stereocenters. The minimum absolute atomic E-state index is 0.233. The normalized spacial score (nSPS) is 18.0. The third-order valence-corrected chi connectivity index (χ3v) is 4.60. The van der Waals surface area contributed by atoms with Crippen molar-refractivity contribution in [3.63, 3.8) is 0 Å². The molecule has 5 nitrogen and oxygen atoms in total. The van der Waals surface area contributed by atoms with Crippen LogP contribution >= 0.6 is 0 Å². The second-order valence-corrected chi connectivity index (χ2v) is 6.26. The Bertz CT molecular complexity index is 837. The fourth-order valence-electron chi connectivity index (χ4n) is 3.34. The third kappa shape index (κ3) is 2.83. The van der Waals surface area contributed by atoms with Gasteiger partial charge in [0.2, 0.25) is 0 Å². The Morgan fingerprint density at radius 3 is 2.75 bits per heavy atom. The standard InChI is InChI=1S/C19H20N4O/c24-13-14-4-3-11-23(12-14)19-16-5-1-2-6-17(16)21-18(22-19)15-7-9-20-10-8-15/h1-2,5-10,14,24H,3-4,11-13H2/t14-/m0/s1. The first-order valence-electron chi connectivity index (χ1n) is 8.38. The monoisotopic (exact) mass is 320 g/mol. The van der Waals surface area contributed by atoms with Crippen LogP contribution in [0.15, 0.2) is 48.8 Å². The number of hydrogen-bond donors (Lipinski definition) is 1. The van der Waals surface area contributed by atoms with Crippen molar-refractivity contribution < 1.29 is 5.11 Å². The zero-order chi connectivity index (χ0) is 16.4. The van der Waals surface area contributed by atoms with Crippen LogP contribution in [0.25, 0.3) is 22.3 Å². The summed E-state index contributed by atoms with van der Waals surface area (Å²) >= 11 is 0. The summed E-state index contributed by atoms with van der Waals surface area (Å²) in [6.45, 7) is 2.04. The predicted octanol–water partition coefficient (Wildman–Crippen LogP) is 2.90. The highest BCUT2D eigenvalue weighted by Crippen LogP contribution is 2.30. The van der Waals surface area contributed by atoms with Crippen LogP contribution in [-0.2, 0) is 0 Å². The predicted molar refractivity (Wildman–Crippen MR) is 94.8 cm³/mol. The van der Waals surface area contributed by atoms with Crippen LogP contribution in [0.1, 0.15) is 12.8 Å². The molecule has 1 atom stereocenters. The fraction of sp³-hybridized carbons (Fsp3) is 0.316. The summed E-state index contributed by atoms with van der Waals surface area (Å²) in [5.74, 6) is 2.00. The fourth-order valence-corrected chi connectivity index (χ4v) is 3.34. The lowest BCUT2D eigenvalue weighted by Crippen LogP contribution is -2.37.